The molecule has 3 aliphatic heterocycles. The van der Waals surface area contributed by atoms with Gasteiger partial charge in [0.15, 0.2) is 0 Å². The third kappa shape index (κ3) is 11.5. The number of nitrogens with zero attached hydrogens (tertiary/aromatic N) is 6. The molecule has 7 amide bonds. The Balaban J connectivity index is 0.629. The lowest BCUT2D eigenvalue weighted by molar-refractivity contribution is -0.140. The molecule has 5 aromatic rings. The van der Waals surface area contributed by atoms with Crippen LogP contribution in [0.5, 0.6) is 0 Å². The highest BCUT2D eigenvalue weighted by Crippen LogP contribution is 2.33. The summed E-state index contributed by atoms with van der Waals surface area (Å²) in [5.74, 6) is -2.09. The van der Waals surface area contributed by atoms with Gasteiger partial charge in [-0.2, -0.15) is 5.10 Å². The van der Waals surface area contributed by atoms with E-state index in [1.54, 1.807) is 29.1 Å². The van der Waals surface area contributed by atoms with Crippen LogP contribution in [0.1, 0.15) is 104 Å². The predicted molar refractivity (Wildman–Crippen MR) is 257 cm³/mol. The van der Waals surface area contributed by atoms with E-state index in [4.69, 9.17) is 0 Å². The second-order valence-corrected chi connectivity index (χ2v) is 17.8. The first kappa shape index (κ1) is 47.3. The maximum Gasteiger partial charge on any atom is 0.264 e. The minimum Gasteiger partial charge on any atom is -0.384 e. The first-order chi connectivity index (χ1) is 33.1. The Hall–Kier alpha value is -7.23. The summed E-state index contributed by atoms with van der Waals surface area (Å²) in [6.45, 7) is 3.31. The first-order valence-corrected chi connectivity index (χ1v) is 24.0. The zero-order valence-corrected chi connectivity index (χ0v) is 38.4. The van der Waals surface area contributed by atoms with Crippen LogP contribution in [0.15, 0.2) is 91.5 Å². The molecule has 16 nitrogen and oxygen atoms in total. The molecular weight excluding hydrogens is 863 g/mol. The summed E-state index contributed by atoms with van der Waals surface area (Å²) in [6.07, 6.45) is 17.2. The number of aromatic nitrogens is 3. The quantitative estimate of drug-likeness (QED) is 0.0551. The number of carbonyl (C=O) groups is 7. The second kappa shape index (κ2) is 22.5. The number of anilines is 1. The number of benzene rings is 3. The largest absolute Gasteiger partial charge is 0.384 e. The molecule has 16 heteroatoms. The van der Waals surface area contributed by atoms with Crippen LogP contribution in [0, 0.1) is 0 Å². The molecule has 1 atom stereocenters. The van der Waals surface area contributed by atoms with E-state index in [2.05, 4.69) is 62.4 Å². The molecule has 1 unspecified atom stereocenters. The minimum atomic E-state index is -1.03. The Bertz CT molecular complexity index is 2650. The number of pyridine rings is 1. The summed E-state index contributed by atoms with van der Waals surface area (Å²) in [7, 11) is 0. The van der Waals surface area contributed by atoms with Crippen LogP contribution < -0.4 is 16.0 Å². The Morgan fingerprint density at radius 2 is 1.35 bits per heavy atom. The van der Waals surface area contributed by atoms with E-state index in [-0.39, 0.29) is 48.2 Å². The van der Waals surface area contributed by atoms with Crippen molar-refractivity contribution in [1.29, 1.82) is 0 Å². The van der Waals surface area contributed by atoms with Gasteiger partial charge < -0.3 is 20.4 Å². The lowest BCUT2D eigenvalue weighted by Crippen LogP contribution is -2.54. The molecule has 0 spiro atoms. The lowest BCUT2D eigenvalue weighted by Gasteiger charge is -2.34. The average Bonchev–Trinajstić information content (AvgIpc) is 3.93. The van der Waals surface area contributed by atoms with Crippen LogP contribution in [0.4, 0.5) is 5.69 Å². The van der Waals surface area contributed by atoms with Gasteiger partial charge in [-0.3, -0.25) is 53.4 Å². The van der Waals surface area contributed by atoms with Crippen LogP contribution in [0.2, 0.25) is 0 Å². The number of nitrogens with one attached hydrogen (secondary N) is 3. The highest BCUT2D eigenvalue weighted by molar-refractivity contribution is 6.25. The summed E-state index contributed by atoms with van der Waals surface area (Å²) >= 11 is 0. The molecule has 0 aliphatic carbocycles. The first-order valence-electron chi connectivity index (χ1n) is 24.0. The lowest BCUT2D eigenvalue weighted by atomic mass is 9.99. The molecule has 2 saturated heterocycles. The number of unbranched alkanes of at least 4 members (excludes halogenated alkanes) is 7. The Kier molecular flexibility index (Phi) is 15.6. The molecule has 68 heavy (non-hydrogen) atoms. The summed E-state index contributed by atoms with van der Waals surface area (Å²) in [5.41, 5.74) is 5.01. The van der Waals surface area contributed by atoms with Gasteiger partial charge in [0, 0.05) is 99.3 Å². The summed E-state index contributed by atoms with van der Waals surface area (Å²) < 4.78 is 1.68. The van der Waals surface area contributed by atoms with Gasteiger partial charge in [0.25, 0.3) is 11.8 Å². The smallest absolute Gasteiger partial charge is 0.264 e. The van der Waals surface area contributed by atoms with E-state index >= 15 is 0 Å². The monoisotopic (exact) mass is 921 g/mol. The predicted octanol–water partition coefficient (Wildman–Crippen LogP) is 6.36. The van der Waals surface area contributed by atoms with Crippen LogP contribution in [-0.2, 0) is 30.5 Å². The number of carbonyl (C=O) groups excluding carboxylic acids is 7. The molecule has 2 fully saturated rings. The molecule has 2 aromatic heterocycles. The molecule has 0 bridgehead atoms. The standard InChI is InChI=1S/C52H59N9O7/c62-45(17-12-26-54-43-16-11-15-41-49(43)52(68)61(51(41)67)44-23-24-46(63)57-50(44)66)55-25-10-6-4-2-1-3-5-7-18-47(64)58-27-29-59(30-28-58)48(65)35-60-34-39(32-56-60)36-19-21-37(22-20-36)42-33-53-31-38-13-8-9-14-40(38)42/h8-9,11,13-16,19-22,31-34,44,54H,1-7,10,12,17-18,23-30,35H2,(H,55,62)(H,57,63,66). The molecule has 3 aromatic carbocycles. The van der Waals surface area contributed by atoms with Crippen LogP contribution >= 0.6 is 0 Å². The molecule has 354 valence electrons. The number of hydrogen-bond donors (Lipinski definition) is 3. The van der Waals surface area contributed by atoms with Gasteiger partial charge in [0.1, 0.15) is 12.6 Å². The fourth-order valence-electron chi connectivity index (χ4n) is 9.30. The maximum atomic E-state index is 13.3. The van der Waals surface area contributed by atoms with Crippen molar-refractivity contribution in [3.8, 4) is 22.3 Å². The molecule has 8 rings (SSSR count). The van der Waals surface area contributed by atoms with Crippen molar-refractivity contribution in [1.82, 2.24) is 40.1 Å². The van der Waals surface area contributed by atoms with Crippen molar-refractivity contribution in [2.45, 2.75) is 96.1 Å². The van der Waals surface area contributed by atoms with E-state index in [0.717, 1.165) is 89.3 Å². The van der Waals surface area contributed by atoms with Gasteiger partial charge in [0.2, 0.25) is 29.5 Å². The number of piperidine rings is 1. The van der Waals surface area contributed by atoms with Crippen LogP contribution in [0.3, 0.4) is 0 Å². The summed E-state index contributed by atoms with van der Waals surface area (Å²) in [5, 5.41) is 15.1. The number of amides is 7. The van der Waals surface area contributed by atoms with E-state index in [0.29, 0.717) is 64.2 Å². The van der Waals surface area contributed by atoms with E-state index in [1.807, 2.05) is 40.5 Å². The molecule has 0 saturated carbocycles. The normalized spacial score (nSPS) is 16.0. The Morgan fingerprint density at radius 3 is 2.12 bits per heavy atom. The molecule has 3 N–H and O–H groups in total. The van der Waals surface area contributed by atoms with Gasteiger partial charge in [-0.05, 0) is 54.3 Å². The van der Waals surface area contributed by atoms with Crippen molar-refractivity contribution in [3.05, 3.63) is 103 Å². The van der Waals surface area contributed by atoms with Crippen molar-refractivity contribution in [2.75, 3.05) is 44.6 Å². The minimum absolute atomic E-state index is 0.00509. The number of fused-ring (bicyclic) bond motifs is 2. The zero-order valence-electron chi connectivity index (χ0n) is 38.4. The van der Waals surface area contributed by atoms with Crippen molar-refractivity contribution in [3.63, 3.8) is 0 Å². The number of piperazine rings is 1. The number of rotatable bonds is 21. The second-order valence-electron chi connectivity index (χ2n) is 17.8. The maximum absolute atomic E-state index is 13.3. The Labute approximate surface area is 395 Å². The van der Waals surface area contributed by atoms with Gasteiger partial charge in [-0.1, -0.05) is 93.1 Å². The van der Waals surface area contributed by atoms with Crippen molar-refractivity contribution < 1.29 is 33.6 Å². The zero-order chi connectivity index (χ0) is 47.4. The third-order valence-corrected chi connectivity index (χ3v) is 13.1. The fourth-order valence-corrected chi connectivity index (χ4v) is 9.30. The van der Waals surface area contributed by atoms with Crippen LogP contribution in [0.25, 0.3) is 33.0 Å². The summed E-state index contributed by atoms with van der Waals surface area (Å²) in [6, 6.07) is 20.4. The molecule has 5 heterocycles. The highest BCUT2D eigenvalue weighted by atomic mass is 16.2. The highest BCUT2D eigenvalue weighted by Gasteiger charge is 2.45. The SMILES string of the molecule is O=C(CCCNc1cccc2c1C(=O)N(C1CCC(=O)NC1=O)C2=O)NCCCCCCCCCCC(=O)N1CCN(C(=O)Cn2cc(-c3ccc(-c4cncc5ccccc45)cc3)cn2)CC1. The van der Waals surface area contributed by atoms with Crippen molar-refractivity contribution >= 4 is 57.8 Å². The fraction of sp³-hybridized carbons (Fsp3) is 0.404. The average molecular weight is 922 g/mol. The van der Waals surface area contributed by atoms with Crippen molar-refractivity contribution in [2.24, 2.45) is 0 Å². The third-order valence-electron chi connectivity index (χ3n) is 13.1. The number of imide groups is 2. The molecule has 0 radical (unpaired) electrons. The van der Waals surface area contributed by atoms with E-state index in [1.165, 1.54) is 0 Å². The molecule has 3 aliphatic rings. The van der Waals surface area contributed by atoms with Gasteiger partial charge in [-0.15, -0.1) is 0 Å². The van der Waals surface area contributed by atoms with E-state index in [9.17, 15) is 33.6 Å². The van der Waals surface area contributed by atoms with Crippen LogP contribution in [-0.4, -0.2) is 116 Å². The van der Waals surface area contributed by atoms with Gasteiger partial charge in [0.05, 0.1) is 17.3 Å². The van der Waals surface area contributed by atoms with Gasteiger partial charge in [-0.25, -0.2) is 0 Å². The number of hydrogen-bond acceptors (Lipinski definition) is 10. The Morgan fingerprint density at radius 1 is 0.647 bits per heavy atom. The summed E-state index contributed by atoms with van der Waals surface area (Å²) in [4.78, 5) is 97.9. The van der Waals surface area contributed by atoms with Gasteiger partial charge >= 0.3 is 0 Å². The topological polar surface area (TPSA) is 196 Å². The molecular formula is C52H59N9O7. The van der Waals surface area contributed by atoms with E-state index < -0.39 is 29.7 Å².